The molecule has 2 aliphatic carbocycles. The van der Waals surface area contributed by atoms with Gasteiger partial charge >= 0.3 is 0 Å². The third kappa shape index (κ3) is 2.78. The van der Waals surface area contributed by atoms with Gasteiger partial charge in [0, 0.05) is 80.7 Å². The number of anilines is 2. The molecule has 5 aromatic rings. The fraction of sp³-hybridized carbons (Fsp3) is 0.353. The molecule has 0 saturated heterocycles. The average Bonchev–Trinajstić information content (AvgIpc) is 3.51. The summed E-state index contributed by atoms with van der Waals surface area (Å²) in [6.45, 7) is 14.3. The Morgan fingerprint density at radius 3 is 1.26 bits per heavy atom. The Balaban J connectivity index is 1.71. The highest BCUT2D eigenvalue weighted by Gasteiger charge is 2.49. The van der Waals surface area contributed by atoms with Gasteiger partial charge in [-0.3, -0.25) is 0 Å². The van der Waals surface area contributed by atoms with Gasteiger partial charge in [-0.15, -0.1) is 22.7 Å². The SMILES string of the molecule is Cc1cc2ccc3c(c2s1)C(C)(C)c1c-3c(N(C)C)c2c(c1N(C)C)-c1ccc3cc(C)sc3c1C2(C)C. The molecule has 38 heavy (non-hydrogen) atoms. The molecule has 0 unspecified atom stereocenters. The van der Waals surface area contributed by atoms with E-state index in [1.165, 1.54) is 85.8 Å². The summed E-state index contributed by atoms with van der Waals surface area (Å²) in [7, 11) is 8.98. The molecule has 0 atom stereocenters. The largest absolute Gasteiger partial charge is 0.377 e. The van der Waals surface area contributed by atoms with Gasteiger partial charge in [0.2, 0.25) is 0 Å². The molecule has 0 spiro atoms. The van der Waals surface area contributed by atoms with E-state index in [0.29, 0.717) is 0 Å². The standard InChI is InChI=1S/C34H36N2S2/c1-17-15-19-11-13-21-23-27(33(3,4)25(21)31(19)37-17)30(36(9)10)24-22-14-12-20-16-18(2)38-32(20)26(22)34(5,6)28(24)29(23)35(7)8/h11-16H,1-10H3. The Bertz CT molecular complexity index is 1710. The number of hydrogen-bond donors (Lipinski definition) is 0. The van der Waals surface area contributed by atoms with Crippen LogP contribution in [0.2, 0.25) is 0 Å². The maximum absolute atomic E-state index is 2.46. The van der Waals surface area contributed by atoms with Crippen LogP contribution >= 0.6 is 22.7 Å². The van der Waals surface area contributed by atoms with Gasteiger partial charge in [0.25, 0.3) is 0 Å². The van der Waals surface area contributed by atoms with Crippen molar-refractivity contribution in [1.82, 2.24) is 0 Å². The zero-order valence-electron chi connectivity index (χ0n) is 24.2. The number of aryl methyl sites for hydroxylation is 2. The Hall–Kier alpha value is -2.82. The first kappa shape index (κ1) is 24.2. The van der Waals surface area contributed by atoms with E-state index in [1.54, 1.807) is 0 Å². The Labute approximate surface area is 234 Å². The minimum absolute atomic E-state index is 0.114. The third-order valence-electron chi connectivity index (χ3n) is 9.00. The lowest BCUT2D eigenvalue weighted by molar-refractivity contribution is 0.656. The number of benzene rings is 3. The van der Waals surface area contributed by atoms with Gasteiger partial charge in [-0.05, 0) is 70.1 Å². The molecule has 0 aliphatic heterocycles. The predicted molar refractivity (Wildman–Crippen MR) is 170 cm³/mol. The minimum Gasteiger partial charge on any atom is -0.377 e. The minimum atomic E-state index is -0.114. The molecule has 194 valence electrons. The van der Waals surface area contributed by atoms with Gasteiger partial charge < -0.3 is 9.80 Å². The summed E-state index contributed by atoms with van der Waals surface area (Å²) in [5, 5.41) is 2.75. The zero-order chi connectivity index (χ0) is 27.0. The van der Waals surface area contributed by atoms with Crippen LogP contribution in [-0.2, 0) is 10.8 Å². The smallest absolute Gasteiger partial charge is 0.0493 e. The van der Waals surface area contributed by atoms with Gasteiger partial charge in [0.1, 0.15) is 0 Å². The zero-order valence-corrected chi connectivity index (χ0v) is 25.8. The second kappa shape index (κ2) is 7.43. The van der Waals surface area contributed by atoms with Crippen molar-refractivity contribution in [3.05, 3.63) is 68.4 Å². The van der Waals surface area contributed by atoms with E-state index in [9.17, 15) is 0 Å². The van der Waals surface area contributed by atoms with Crippen molar-refractivity contribution in [2.45, 2.75) is 52.4 Å². The molecule has 0 fully saturated rings. The number of nitrogens with zero attached hydrogens (tertiary/aromatic N) is 2. The van der Waals surface area contributed by atoms with E-state index in [-0.39, 0.29) is 10.8 Å². The summed E-state index contributed by atoms with van der Waals surface area (Å²) in [5.41, 5.74) is 14.2. The molecule has 2 aromatic heterocycles. The molecule has 0 saturated carbocycles. The highest BCUT2D eigenvalue weighted by Crippen LogP contribution is 2.66. The van der Waals surface area contributed by atoms with Crippen LogP contribution in [0.1, 0.15) is 59.7 Å². The molecule has 7 rings (SSSR count). The number of hydrogen-bond acceptors (Lipinski definition) is 4. The van der Waals surface area contributed by atoms with Crippen LogP contribution < -0.4 is 9.80 Å². The molecular formula is C34H36N2S2. The van der Waals surface area contributed by atoms with E-state index < -0.39 is 0 Å². The lowest BCUT2D eigenvalue weighted by atomic mass is 9.76. The second-order valence-corrected chi connectivity index (χ2v) is 15.3. The van der Waals surface area contributed by atoms with Gasteiger partial charge in [0.05, 0.1) is 0 Å². The fourth-order valence-electron chi connectivity index (χ4n) is 7.73. The molecule has 2 heterocycles. The average molecular weight is 537 g/mol. The predicted octanol–water partition coefficient (Wildman–Crippen LogP) is 9.48. The van der Waals surface area contributed by atoms with E-state index in [2.05, 4.69) is 116 Å². The summed E-state index contributed by atoms with van der Waals surface area (Å²) in [5.74, 6) is 0. The molecule has 0 amide bonds. The topological polar surface area (TPSA) is 6.48 Å². The van der Waals surface area contributed by atoms with E-state index in [4.69, 9.17) is 0 Å². The van der Waals surface area contributed by atoms with Crippen molar-refractivity contribution >= 4 is 54.2 Å². The van der Waals surface area contributed by atoms with E-state index in [0.717, 1.165) is 0 Å². The highest BCUT2D eigenvalue weighted by atomic mass is 32.1. The molecule has 0 radical (unpaired) electrons. The van der Waals surface area contributed by atoms with Crippen molar-refractivity contribution in [3.63, 3.8) is 0 Å². The van der Waals surface area contributed by atoms with Gasteiger partial charge in [-0.25, -0.2) is 0 Å². The Kier molecular flexibility index (Phi) is 4.74. The summed E-state index contributed by atoms with van der Waals surface area (Å²) >= 11 is 3.91. The molecule has 0 bridgehead atoms. The maximum atomic E-state index is 2.46. The van der Waals surface area contributed by atoms with Gasteiger partial charge in [0.15, 0.2) is 0 Å². The summed E-state index contributed by atoms with van der Waals surface area (Å²) < 4.78 is 2.90. The van der Waals surface area contributed by atoms with Crippen LogP contribution in [0.15, 0.2) is 36.4 Å². The van der Waals surface area contributed by atoms with E-state index >= 15 is 0 Å². The lowest BCUT2D eigenvalue weighted by Crippen LogP contribution is -2.26. The Morgan fingerprint density at radius 2 is 0.921 bits per heavy atom. The lowest BCUT2D eigenvalue weighted by Gasteiger charge is -2.35. The van der Waals surface area contributed by atoms with Crippen LogP contribution in [0.5, 0.6) is 0 Å². The maximum Gasteiger partial charge on any atom is 0.0493 e. The second-order valence-electron chi connectivity index (χ2n) is 12.8. The number of rotatable bonds is 2. The van der Waals surface area contributed by atoms with Crippen LogP contribution in [-0.4, -0.2) is 28.2 Å². The van der Waals surface area contributed by atoms with Crippen molar-refractivity contribution < 1.29 is 0 Å². The van der Waals surface area contributed by atoms with Gasteiger partial charge in [-0.2, -0.15) is 0 Å². The van der Waals surface area contributed by atoms with Crippen LogP contribution in [0.25, 0.3) is 42.4 Å². The normalized spacial score (nSPS) is 16.1. The summed E-state index contributed by atoms with van der Waals surface area (Å²) in [4.78, 5) is 7.56. The summed E-state index contributed by atoms with van der Waals surface area (Å²) in [6.07, 6.45) is 0. The van der Waals surface area contributed by atoms with E-state index in [1.807, 2.05) is 22.7 Å². The summed E-state index contributed by atoms with van der Waals surface area (Å²) in [6, 6.07) is 14.2. The third-order valence-corrected chi connectivity index (χ3v) is 11.2. The van der Waals surface area contributed by atoms with Crippen molar-refractivity contribution in [1.29, 1.82) is 0 Å². The molecule has 0 N–H and O–H groups in total. The molecule has 4 heteroatoms. The van der Waals surface area contributed by atoms with Gasteiger partial charge in [-0.1, -0.05) is 52.0 Å². The fourth-order valence-corrected chi connectivity index (χ4v) is 10.2. The van der Waals surface area contributed by atoms with Crippen LogP contribution in [0.4, 0.5) is 11.4 Å². The van der Waals surface area contributed by atoms with Crippen LogP contribution in [0.3, 0.4) is 0 Å². The first-order valence-electron chi connectivity index (χ1n) is 13.5. The van der Waals surface area contributed by atoms with Crippen molar-refractivity contribution in [3.8, 4) is 22.3 Å². The molecule has 3 aromatic carbocycles. The molecule has 2 nitrogen and oxygen atoms in total. The Morgan fingerprint density at radius 1 is 0.553 bits per heavy atom. The first-order valence-corrected chi connectivity index (χ1v) is 15.2. The molecular weight excluding hydrogens is 501 g/mol. The first-order chi connectivity index (χ1) is 17.9. The monoisotopic (exact) mass is 536 g/mol. The van der Waals surface area contributed by atoms with Crippen molar-refractivity contribution in [2.75, 3.05) is 38.0 Å². The van der Waals surface area contributed by atoms with Crippen LogP contribution in [0, 0.1) is 13.8 Å². The highest BCUT2D eigenvalue weighted by molar-refractivity contribution is 7.19. The number of thiophene rings is 2. The molecule has 2 aliphatic rings. The quantitative estimate of drug-likeness (QED) is 0.207. The number of fused-ring (bicyclic) bond motifs is 10. The van der Waals surface area contributed by atoms with Crippen molar-refractivity contribution in [2.24, 2.45) is 0 Å².